The number of hydrogen-bond acceptors (Lipinski definition) is 3. The van der Waals surface area contributed by atoms with Gasteiger partial charge in [0.25, 0.3) is 0 Å². The molecule has 0 radical (unpaired) electrons. The monoisotopic (exact) mass is 360 g/mol. The second-order valence-electron chi connectivity index (χ2n) is 6.98. The fourth-order valence-electron chi connectivity index (χ4n) is 3.95. The van der Waals surface area contributed by atoms with Crippen LogP contribution in [0.15, 0.2) is 95.5 Å². The first-order valence-corrected chi connectivity index (χ1v) is 9.32. The highest BCUT2D eigenvalue weighted by molar-refractivity contribution is 6.09. The average molecular weight is 360 g/mol. The molecule has 6 aromatic rings. The lowest BCUT2D eigenvalue weighted by molar-refractivity contribution is 0.669. The number of nitrogens with one attached hydrogen (secondary N) is 1. The standard InChI is InChI=1S/C25H16N2O/c1-2-6-19-16(5-1)9-10-17-15-18(11-12-20(17)19)27-22-13-14-26-24-21-7-3-4-8-23(21)28-25(22)24/h1-15H,(H,26,27). The first-order valence-electron chi connectivity index (χ1n) is 9.32. The smallest absolute Gasteiger partial charge is 0.177 e. The van der Waals surface area contributed by atoms with Crippen LogP contribution >= 0.6 is 0 Å². The molecule has 0 unspecified atom stereocenters. The van der Waals surface area contributed by atoms with Crippen LogP contribution in [0, 0.1) is 0 Å². The van der Waals surface area contributed by atoms with E-state index in [1.54, 1.807) is 0 Å². The summed E-state index contributed by atoms with van der Waals surface area (Å²) in [4.78, 5) is 4.52. The van der Waals surface area contributed by atoms with Crippen molar-refractivity contribution in [1.29, 1.82) is 0 Å². The van der Waals surface area contributed by atoms with E-state index >= 15 is 0 Å². The van der Waals surface area contributed by atoms with E-state index in [0.29, 0.717) is 0 Å². The second kappa shape index (κ2) is 5.83. The number of para-hydroxylation sites is 1. The van der Waals surface area contributed by atoms with Crippen molar-refractivity contribution in [2.45, 2.75) is 0 Å². The molecule has 2 heterocycles. The van der Waals surface area contributed by atoms with Gasteiger partial charge in [0, 0.05) is 17.3 Å². The Balaban J connectivity index is 1.49. The molecular weight excluding hydrogens is 344 g/mol. The number of anilines is 2. The van der Waals surface area contributed by atoms with Gasteiger partial charge in [0.05, 0.1) is 5.69 Å². The van der Waals surface area contributed by atoms with E-state index in [9.17, 15) is 0 Å². The van der Waals surface area contributed by atoms with Gasteiger partial charge in [0.15, 0.2) is 5.58 Å². The number of rotatable bonds is 2. The van der Waals surface area contributed by atoms with Crippen molar-refractivity contribution in [2.24, 2.45) is 0 Å². The third-order valence-corrected chi connectivity index (χ3v) is 5.28. The quantitative estimate of drug-likeness (QED) is 0.337. The Hall–Kier alpha value is -3.85. The second-order valence-corrected chi connectivity index (χ2v) is 6.98. The topological polar surface area (TPSA) is 38.1 Å². The molecule has 0 saturated heterocycles. The molecule has 0 fully saturated rings. The van der Waals surface area contributed by atoms with Crippen molar-refractivity contribution in [1.82, 2.24) is 4.98 Å². The van der Waals surface area contributed by atoms with E-state index in [0.717, 1.165) is 33.4 Å². The summed E-state index contributed by atoms with van der Waals surface area (Å²) in [5, 5.41) is 9.54. The summed E-state index contributed by atoms with van der Waals surface area (Å²) in [7, 11) is 0. The SMILES string of the molecule is c1ccc2c(c1)ccc1cc(Nc3ccnc4c3oc3ccccc34)ccc12. The summed E-state index contributed by atoms with van der Waals surface area (Å²) < 4.78 is 6.08. The van der Waals surface area contributed by atoms with E-state index in [1.807, 2.05) is 36.5 Å². The molecule has 0 aliphatic rings. The van der Waals surface area contributed by atoms with Crippen LogP contribution < -0.4 is 5.32 Å². The minimum Gasteiger partial charge on any atom is -0.452 e. The fraction of sp³-hybridized carbons (Fsp3) is 0. The molecule has 28 heavy (non-hydrogen) atoms. The summed E-state index contributed by atoms with van der Waals surface area (Å²) in [6.07, 6.45) is 1.82. The molecule has 0 amide bonds. The Kier molecular flexibility index (Phi) is 3.17. The van der Waals surface area contributed by atoms with E-state index in [-0.39, 0.29) is 0 Å². The van der Waals surface area contributed by atoms with Crippen LogP contribution in [0.3, 0.4) is 0 Å². The number of pyridine rings is 1. The van der Waals surface area contributed by atoms with Crippen molar-refractivity contribution in [2.75, 3.05) is 5.32 Å². The highest BCUT2D eigenvalue weighted by Gasteiger charge is 2.12. The van der Waals surface area contributed by atoms with Gasteiger partial charge in [0.2, 0.25) is 0 Å². The summed E-state index contributed by atoms with van der Waals surface area (Å²) in [6.45, 7) is 0. The van der Waals surface area contributed by atoms with Crippen molar-refractivity contribution < 1.29 is 4.42 Å². The van der Waals surface area contributed by atoms with Crippen LogP contribution in [0.5, 0.6) is 0 Å². The molecule has 3 heteroatoms. The Morgan fingerprint density at radius 2 is 1.46 bits per heavy atom. The molecule has 1 N–H and O–H groups in total. The van der Waals surface area contributed by atoms with Gasteiger partial charge in [-0.2, -0.15) is 0 Å². The average Bonchev–Trinajstić information content (AvgIpc) is 3.13. The maximum Gasteiger partial charge on any atom is 0.177 e. The normalized spacial score (nSPS) is 11.6. The van der Waals surface area contributed by atoms with Crippen LogP contribution in [-0.4, -0.2) is 4.98 Å². The van der Waals surface area contributed by atoms with E-state index in [1.165, 1.54) is 21.5 Å². The lowest BCUT2D eigenvalue weighted by Gasteiger charge is -2.09. The Morgan fingerprint density at radius 3 is 2.43 bits per heavy atom. The minimum atomic E-state index is 0.780. The summed E-state index contributed by atoms with van der Waals surface area (Å²) in [5.74, 6) is 0. The van der Waals surface area contributed by atoms with Crippen LogP contribution in [0.2, 0.25) is 0 Å². The van der Waals surface area contributed by atoms with Gasteiger partial charge in [-0.25, -0.2) is 0 Å². The molecule has 0 atom stereocenters. The molecule has 0 spiro atoms. The Bertz CT molecular complexity index is 1500. The third-order valence-electron chi connectivity index (χ3n) is 5.28. The van der Waals surface area contributed by atoms with E-state index in [4.69, 9.17) is 4.42 Å². The van der Waals surface area contributed by atoms with Gasteiger partial charge >= 0.3 is 0 Å². The maximum atomic E-state index is 6.08. The van der Waals surface area contributed by atoms with Crippen LogP contribution in [0.4, 0.5) is 11.4 Å². The van der Waals surface area contributed by atoms with Crippen molar-refractivity contribution in [3.05, 3.63) is 91.1 Å². The predicted molar refractivity (Wildman–Crippen MR) is 116 cm³/mol. The number of nitrogens with zero attached hydrogens (tertiary/aromatic N) is 1. The molecule has 3 nitrogen and oxygen atoms in total. The molecule has 0 aliphatic carbocycles. The summed E-state index contributed by atoms with van der Waals surface area (Å²) in [5.41, 5.74) is 4.45. The first-order chi connectivity index (χ1) is 13.9. The zero-order chi connectivity index (χ0) is 18.5. The maximum absolute atomic E-state index is 6.08. The molecule has 0 aliphatic heterocycles. The summed E-state index contributed by atoms with van der Waals surface area (Å²) >= 11 is 0. The Labute approximate surface area is 161 Å². The Morgan fingerprint density at radius 1 is 0.679 bits per heavy atom. The highest BCUT2D eigenvalue weighted by atomic mass is 16.3. The van der Waals surface area contributed by atoms with Gasteiger partial charge in [-0.15, -0.1) is 0 Å². The van der Waals surface area contributed by atoms with Crippen LogP contribution in [-0.2, 0) is 0 Å². The number of hydrogen-bond donors (Lipinski definition) is 1. The zero-order valence-electron chi connectivity index (χ0n) is 15.0. The fourth-order valence-corrected chi connectivity index (χ4v) is 3.95. The van der Waals surface area contributed by atoms with Crippen LogP contribution in [0.25, 0.3) is 43.6 Å². The number of fused-ring (bicyclic) bond motifs is 6. The van der Waals surface area contributed by atoms with Gasteiger partial charge in [-0.3, -0.25) is 4.98 Å². The zero-order valence-corrected chi connectivity index (χ0v) is 15.0. The molecule has 0 bridgehead atoms. The molecule has 132 valence electrons. The van der Waals surface area contributed by atoms with Gasteiger partial charge in [-0.05, 0) is 51.9 Å². The van der Waals surface area contributed by atoms with Crippen molar-refractivity contribution >= 4 is 55.0 Å². The summed E-state index contributed by atoms with van der Waals surface area (Å²) in [6, 6.07) is 29.3. The van der Waals surface area contributed by atoms with Gasteiger partial charge in [0.1, 0.15) is 11.1 Å². The van der Waals surface area contributed by atoms with Crippen molar-refractivity contribution in [3.8, 4) is 0 Å². The molecule has 0 saturated carbocycles. The highest BCUT2D eigenvalue weighted by Crippen LogP contribution is 2.34. The first kappa shape index (κ1) is 15.2. The lowest BCUT2D eigenvalue weighted by Crippen LogP contribution is -1.91. The molecule has 2 aromatic heterocycles. The van der Waals surface area contributed by atoms with E-state index < -0.39 is 0 Å². The number of aromatic nitrogens is 1. The number of furan rings is 1. The molecule has 6 rings (SSSR count). The van der Waals surface area contributed by atoms with Gasteiger partial charge in [-0.1, -0.05) is 54.6 Å². The molecular formula is C25H16N2O. The molecule has 4 aromatic carbocycles. The number of benzene rings is 4. The van der Waals surface area contributed by atoms with Crippen molar-refractivity contribution in [3.63, 3.8) is 0 Å². The van der Waals surface area contributed by atoms with Gasteiger partial charge < -0.3 is 9.73 Å². The lowest BCUT2D eigenvalue weighted by atomic mass is 10.0. The largest absolute Gasteiger partial charge is 0.452 e. The van der Waals surface area contributed by atoms with Crippen LogP contribution in [0.1, 0.15) is 0 Å². The van der Waals surface area contributed by atoms with E-state index in [2.05, 4.69) is 64.9 Å². The minimum absolute atomic E-state index is 0.780. The predicted octanol–water partition coefficient (Wildman–Crippen LogP) is 7.03. The third kappa shape index (κ3) is 2.26.